The van der Waals surface area contributed by atoms with Crippen molar-refractivity contribution in [1.29, 1.82) is 0 Å². The van der Waals surface area contributed by atoms with E-state index in [9.17, 15) is 9.36 Å². The Balaban J connectivity index is 0.00000289. The van der Waals surface area contributed by atoms with Crippen LogP contribution in [0.1, 0.15) is 11.1 Å². The lowest BCUT2D eigenvalue weighted by Crippen LogP contribution is -2.32. The van der Waals surface area contributed by atoms with Crippen molar-refractivity contribution < 1.29 is 24.3 Å². The standard InChI is InChI=1S/C10H14NO5P.ClH/c11-9(10(12)13)5-7-1-3-8(4-2-7)6-17(14,15)16;/h1-4,9H,5-6,11H2,(H,12,13)(H2,14,15,16);1H/t9-;/m0./s1. The third-order valence-corrected chi connectivity index (χ3v) is 2.96. The third kappa shape index (κ3) is 6.14. The number of carboxylic acids is 1. The van der Waals surface area contributed by atoms with Crippen molar-refractivity contribution in [2.45, 2.75) is 18.6 Å². The number of carboxylic acid groups (broad SMARTS) is 1. The van der Waals surface area contributed by atoms with Crippen LogP contribution in [0.4, 0.5) is 0 Å². The quantitative estimate of drug-likeness (QED) is 0.595. The molecule has 8 heteroatoms. The molecule has 18 heavy (non-hydrogen) atoms. The number of carbonyl (C=O) groups is 1. The monoisotopic (exact) mass is 295 g/mol. The van der Waals surface area contributed by atoms with E-state index in [2.05, 4.69) is 0 Å². The first-order valence-electron chi connectivity index (χ1n) is 4.89. The molecule has 0 bridgehead atoms. The maximum Gasteiger partial charge on any atom is 0.329 e. The molecule has 0 aliphatic rings. The number of nitrogens with two attached hydrogens (primary N) is 1. The van der Waals surface area contributed by atoms with Gasteiger partial charge < -0.3 is 20.6 Å². The van der Waals surface area contributed by atoms with E-state index in [1.54, 1.807) is 24.3 Å². The largest absolute Gasteiger partial charge is 0.480 e. The van der Waals surface area contributed by atoms with Gasteiger partial charge in [0.25, 0.3) is 0 Å². The van der Waals surface area contributed by atoms with Crippen LogP contribution in [-0.2, 0) is 21.9 Å². The van der Waals surface area contributed by atoms with Crippen molar-refractivity contribution >= 4 is 26.0 Å². The average Bonchev–Trinajstić information content (AvgIpc) is 2.18. The molecule has 0 amide bonds. The molecule has 1 atom stereocenters. The molecule has 102 valence electrons. The van der Waals surface area contributed by atoms with Gasteiger partial charge >= 0.3 is 13.6 Å². The van der Waals surface area contributed by atoms with Gasteiger partial charge in [0.15, 0.2) is 0 Å². The van der Waals surface area contributed by atoms with Gasteiger partial charge in [-0.3, -0.25) is 9.36 Å². The lowest BCUT2D eigenvalue weighted by atomic mass is 10.1. The fourth-order valence-corrected chi connectivity index (χ4v) is 2.05. The molecule has 6 nitrogen and oxygen atoms in total. The van der Waals surface area contributed by atoms with E-state index in [0.29, 0.717) is 5.56 Å². The highest BCUT2D eigenvalue weighted by Gasteiger charge is 2.15. The van der Waals surface area contributed by atoms with Crippen LogP contribution in [0.3, 0.4) is 0 Å². The summed E-state index contributed by atoms with van der Waals surface area (Å²) in [5.74, 6) is -1.08. The third-order valence-electron chi connectivity index (χ3n) is 2.18. The number of hydrogen-bond acceptors (Lipinski definition) is 3. The second-order valence-electron chi connectivity index (χ2n) is 3.79. The molecule has 0 fully saturated rings. The minimum absolute atomic E-state index is 0. The molecule has 0 aliphatic heterocycles. The molecule has 0 unspecified atom stereocenters. The Hall–Kier alpha value is -0.910. The predicted octanol–water partition coefficient (Wildman–Crippen LogP) is 0.741. The van der Waals surface area contributed by atoms with Crippen LogP contribution >= 0.6 is 20.0 Å². The predicted molar refractivity (Wildman–Crippen MR) is 68.8 cm³/mol. The van der Waals surface area contributed by atoms with Crippen molar-refractivity contribution in [3.63, 3.8) is 0 Å². The average molecular weight is 296 g/mol. The smallest absolute Gasteiger partial charge is 0.329 e. The maximum absolute atomic E-state index is 10.7. The normalized spacial score (nSPS) is 12.6. The van der Waals surface area contributed by atoms with Crippen LogP contribution in [0.15, 0.2) is 24.3 Å². The Kier molecular flexibility index (Phi) is 6.52. The highest BCUT2D eigenvalue weighted by atomic mass is 35.5. The van der Waals surface area contributed by atoms with E-state index in [1.165, 1.54) is 0 Å². The van der Waals surface area contributed by atoms with Crippen molar-refractivity contribution in [3.8, 4) is 0 Å². The van der Waals surface area contributed by atoms with Gasteiger partial charge in [-0.1, -0.05) is 24.3 Å². The fraction of sp³-hybridized carbons (Fsp3) is 0.300. The number of hydrogen-bond donors (Lipinski definition) is 4. The van der Waals surface area contributed by atoms with Gasteiger partial charge in [0.2, 0.25) is 0 Å². The van der Waals surface area contributed by atoms with E-state index in [1.807, 2.05) is 0 Å². The van der Waals surface area contributed by atoms with E-state index >= 15 is 0 Å². The van der Waals surface area contributed by atoms with Crippen molar-refractivity contribution in [3.05, 3.63) is 35.4 Å². The molecule has 1 aromatic carbocycles. The van der Waals surface area contributed by atoms with Gasteiger partial charge in [-0.05, 0) is 17.5 Å². The van der Waals surface area contributed by atoms with Crippen molar-refractivity contribution in [2.75, 3.05) is 0 Å². The van der Waals surface area contributed by atoms with Crippen LogP contribution in [0.2, 0.25) is 0 Å². The molecule has 1 rings (SSSR count). The first kappa shape index (κ1) is 17.1. The molecule has 0 aromatic heterocycles. The number of rotatable bonds is 5. The van der Waals surface area contributed by atoms with Gasteiger partial charge in [-0.15, -0.1) is 12.4 Å². The summed E-state index contributed by atoms with van der Waals surface area (Å²) in [5, 5.41) is 8.62. The van der Waals surface area contributed by atoms with Gasteiger partial charge in [0.1, 0.15) is 6.04 Å². The first-order chi connectivity index (χ1) is 7.78. The summed E-state index contributed by atoms with van der Waals surface area (Å²) in [4.78, 5) is 28.1. The van der Waals surface area contributed by atoms with Gasteiger partial charge in [0.05, 0.1) is 6.16 Å². The second-order valence-corrected chi connectivity index (χ2v) is 5.43. The number of aliphatic carboxylic acids is 1. The molecule has 0 saturated heterocycles. The summed E-state index contributed by atoms with van der Waals surface area (Å²) in [6.45, 7) is 0. The minimum Gasteiger partial charge on any atom is -0.480 e. The molecule has 1 aromatic rings. The lowest BCUT2D eigenvalue weighted by Gasteiger charge is -2.08. The molecule has 0 spiro atoms. The zero-order chi connectivity index (χ0) is 13.1. The zero-order valence-electron chi connectivity index (χ0n) is 9.39. The number of benzene rings is 1. The maximum atomic E-state index is 10.7. The van der Waals surface area contributed by atoms with Crippen LogP contribution in [0, 0.1) is 0 Å². The highest BCUT2D eigenvalue weighted by molar-refractivity contribution is 7.50. The van der Waals surface area contributed by atoms with E-state index in [0.717, 1.165) is 5.56 Å². The molecule has 0 aliphatic carbocycles. The summed E-state index contributed by atoms with van der Waals surface area (Å²) >= 11 is 0. The summed E-state index contributed by atoms with van der Waals surface area (Å²) in [7, 11) is -4.06. The molecule has 0 saturated carbocycles. The Morgan fingerprint density at radius 2 is 1.67 bits per heavy atom. The van der Waals surface area contributed by atoms with Gasteiger partial charge in [-0.25, -0.2) is 0 Å². The molecule has 5 N–H and O–H groups in total. The van der Waals surface area contributed by atoms with Gasteiger partial charge in [0, 0.05) is 0 Å². The summed E-state index contributed by atoms with van der Waals surface area (Å²) in [6, 6.07) is 5.38. The summed E-state index contributed by atoms with van der Waals surface area (Å²) in [5.41, 5.74) is 6.59. The van der Waals surface area contributed by atoms with E-state index in [-0.39, 0.29) is 25.0 Å². The van der Waals surface area contributed by atoms with E-state index < -0.39 is 19.6 Å². The summed E-state index contributed by atoms with van der Waals surface area (Å²) in [6.07, 6.45) is -0.135. The zero-order valence-corrected chi connectivity index (χ0v) is 11.1. The van der Waals surface area contributed by atoms with Crippen molar-refractivity contribution in [1.82, 2.24) is 0 Å². The molecular formula is C10H15ClNO5P. The molecule has 0 radical (unpaired) electrons. The lowest BCUT2D eigenvalue weighted by molar-refractivity contribution is -0.138. The fourth-order valence-electron chi connectivity index (χ4n) is 1.36. The van der Waals surface area contributed by atoms with E-state index in [4.69, 9.17) is 20.6 Å². The second kappa shape index (κ2) is 6.87. The van der Waals surface area contributed by atoms with Gasteiger partial charge in [-0.2, -0.15) is 0 Å². The Morgan fingerprint density at radius 1 is 1.22 bits per heavy atom. The molecular weight excluding hydrogens is 281 g/mol. The van der Waals surface area contributed by atoms with Crippen LogP contribution in [-0.4, -0.2) is 26.9 Å². The Morgan fingerprint density at radius 3 is 2.06 bits per heavy atom. The Bertz CT molecular complexity index is 444. The highest BCUT2D eigenvalue weighted by Crippen LogP contribution is 2.38. The van der Waals surface area contributed by atoms with Crippen molar-refractivity contribution in [2.24, 2.45) is 5.73 Å². The SMILES string of the molecule is Cl.N[C@@H](Cc1ccc(CP(=O)(O)O)cc1)C(=O)O. The van der Waals surface area contributed by atoms with Crippen LogP contribution < -0.4 is 5.73 Å². The topological polar surface area (TPSA) is 121 Å². The van der Waals surface area contributed by atoms with Crippen LogP contribution in [0.25, 0.3) is 0 Å². The first-order valence-corrected chi connectivity index (χ1v) is 6.68. The Labute approximate surface area is 110 Å². The molecule has 0 heterocycles. The number of halogens is 1. The summed E-state index contributed by atoms with van der Waals surface area (Å²) < 4.78 is 10.7. The minimum atomic E-state index is -4.06. The van der Waals surface area contributed by atoms with Crippen LogP contribution in [0.5, 0.6) is 0 Å².